The summed E-state index contributed by atoms with van der Waals surface area (Å²) < 4.78 is 0. The van der Waals surface area contributed by atoms with Crippen molar-refractivity contribution in [3.05, 3.63) is 41.1 Å². The number of carbonyl (C=O) groups is 1. The van der Waals surface area contributed by atoms with Gasteiger partial charge in [0.1, 0.15) is 23.9 Å². The number of piperidine rings is 1. The molecule has 0 bridgehead atoms. The zero-order chi connectivity index (χ0) is 16.7. The lowest BCUT2D eigenvalue weighted by Crippen LogP contribution is -2.35. The number of hydrogen-bond acceptors (Lipinski definition) is 5. The largest absolute Gasteiger partial charge is 0.344 e. The van der Waals surface area contributed by atoms with Gasteiger partial charge in [0, 0.05) is 13.1 Å². The molecule has 23 heavy (non-hydrogen) atoms. The smallest absolute Gasteiger partial charge is 0.255 e. The van der Waals surface area contributed by atoms with Crippen LogP contribution in [0.2, 0.25) is 0 Å². The Morgan fingerprint density at radius 3 is 2.26 bits per heavy atom. The molecule has 1 N–H and O–H groups in total. The highest BCUT2D eigenvalue weighted by atomic mass is 16.2. The molecule has 1 fully saturated rings. The Bertz CT molecular complexity index is 738. The van der Waals surface area contributed by atoms with Crippen molar-refractivity contribution in [1.29, 1.82) is 15.8 Å². The lowest BCUT2D eigenvalue weighted by Gasteiger charge is -2.27. The molecule has 0 aliphatic carbocycles. The normalized spacial score (nSPS) is 13.2. The van der Waals surface area contributed by atoms with Crippen LogP contribution in [0.3, 0.4) is 0 Å². The van der Waals surface area contributed by atoms with Crippen molar-refractivity contribution in [3.63, 3.8) is 0 Å². The van der Waals surface area contributed by atoms with E-state index in [4.69, 9.17) is 15.8 Å². The van der Waals surface area contributed by atoms with Crippen molar-refractivity contribution in [3.8, 4) is 18.2 Å². The maximum absolute atomic E-state index is 12.7. The van der Waals surface area contributed by atoms with Gasteiger partial charge in [0.05, 0.1) is 11.3 Å². The number of likely N-dealkylation sites (tertiary alicyclic amines) is 1. The molecule has 1 aromatic rings. The summed E-state index contributed by atoms with van der Waals surface area (Å²) in [6.07, 6.45) is 3.09. The summed E-state index contributed by atoms with van der Waals surface area (Å²) >= 11 is 0. The molecule has 0 radical (unpaired) electrons. The maximum atomic E-state index is 12.7. The zero-order valence-corrected chi connectivity index (χ0v) is 12.5. The Kier molecular flexibility index (Phi) is 5.34. The minimum absolute atomic E-state index is 0.111. The molecule has 6 nitrogen and oxygen atoms in total. The van der Waals surface area contributed by atoms with Gasteiger partial charge in [-0.05, 0) is 31.4 Å². The fraction of sp³-hybridized carbons (Fsp3) is 0.294. The fourth-order valence-corrected chi connectivity index (χ4v) is 2.46. The van der Waals surface area contributed by atoms with Crippen LogP contribution in [-0.2, 0) is 0 Å². The summed E-state index contributed by atoms with van der Waals surface area (Å²) in [6.45, 7) is 1.44. The predicted octanol–water partition coefficient (Wildman–Crippen LogP) is 2.55. The van der Waals surface area contributed by atoms with Gasteiger partial charge in [-0.2, -0.15) is 15.8 Å². The summed E-state index contributed by atoms with van der Waals surface area (Å²) in [5.74, 6) is -0.111. The number of carbonyl (C=O) groups excluding carboxylic acids is 1. The summed E-state index contributed by atoms with van der Waals surface area (Å²) in [5, 5.41) is 29.7. The third kappa shape index (κ3) is 3.67. The lowest BCUT2D eigenvalue weighted by atomic mass is 10.1. The predicted molar refractivity (Wildman–Crippen MR) is 83.7 cm³/mol. The molecular weight excluding hydrogens is 290 g/mol. The van der Waals surface area contributed by atoms with E-state index in [-0.39, 0.29) is 17.2 Å². The van der Waals surface area contributed by atoms with Crippen LogP contribution in [0.4, 0.5) is 5.69 Å². The maximum Gasteiger partial charge on any atom is 0.255 e. The van der Waals surface area contributed by atoms with Gasteiger partial charge in [0.15, 0.2) is 5.57 Å². The SMILES string of the molecule is N#CC(C#N)=C(C#N)Nc1ccccc1C(=O)N1CCCCC1. The van der Waals surface area contributed by atoms with Gasteiger partial charge < -0.3 is 10.2 Å². The third-order valence-corrected chi connectivity index (χ3v) is 3.65. The summed E-state index contributed by atoms with van der Waals surface area (Å²) in [4.78, 5) is 14.4. The van der Waals surface area contributed by atoms with E-state index in [9.17, 15) is 4.79 Å². The molecule has 1 saturated heterocycles. The van der Waals surface area contributed by atoms with Gasteiger partial charge >= 0.3 is 0 Å². The molecule has 1 aliphatic heterocycles. The monoisotopic (exact) mass is 305 g/mol. The number of nitrogens with zero attached hydrogens (tertiary/aromatic N) is 4. The number of nitrogens with one attached hydrogen (secondary N) is 1. The van der Waals surface area contributed by atoms with Gasteiger partial charge in [-0.3, -0.25) is 4.79 Å². The topological polar surface area (TPSA) is 104 Å². The standard InChI is InChI=1S/C17H15N5O/c18-10-13(11-19)16(12-20)21-15-7-3-2-6-14(15)17(23)22-8-4-1-5-9-22/h2-3,6-7,21H,1,4-5,8-9H2. The van der Waals surface area contributed by atoms with Crippen LogP contribution in [0, 0.1) is 34.0 Å². The molecule has 0 atom stereocenters. The number of anilines is 1. The quantitative estimate of drug-likeness (QED) is 0.864. The Labute approximate surface area is 134 Å². The summed E-state index contributed by atoms with van der Waals surface area (Å²) in [6, 6.07) is 11.9. The number of rotatable bonds is 3. The molecule has 0 spiro atoms. The van der Waals surface area contributed by atoms with Crippen LogP contribution in [-0.4, -0.2) is 23.9 Å². The number of allylic oxidation sites excluding steroid dienone is 2. The third-order valence-electron chi connectivity index (χ3n) is 3.65. The van der Waals surface area contributed by atoms with Gasteiger partial charge in [0.25, 0.3) is 5.91 Å². The van der Waals surface area contributed by atoms with Gasteiger partial charge in [-0.25, -0.2) is 0 Å². The first-order chi connectivity index (χ1) is 11.2. The van der Waals surface area contributed by atoms with E-state index in [1.807, 2.05) is 0 Å². The van der Waals surface area contributed by atoms with E-state index < -0.39 is 0 Å². The van der Waals surface area contributed by atoms with Gasteiger partial charge in [-0.1, -0.05) is 12.1 Å². The number of amides is 1. The van der Waals surface area contributed by atoms with Crippen molar-refractivity contribution in [2.75, 3.05) is 18.4 Å². The highest BCUT2D eigenvalue weighted by molar-refractivity contribution is 6.00. The van der Waals surface area contributed by atoms with Crippen LogP contribution in [0.1, 0.15) is 29.6 Å². The Morgan fingerprint density at radius 1 is 1.00 bits per heavy atom. The van der Waals surface area contributed by atoms with Crippen molar-refractivity contribution in [2.45, 2.75) is 19.3 Å². The summed E-state index contributed by atoms with van der Waals surface area (Å²) in [5.41, 5.74) is 0.377. The average molecular weight is 305 g/mol. The molecule has 0 aromatic heterocycles. The fourth-order valence-electron chi connectivity index (χ4n) is 2.46. The Morgan fingerprint density at radius 2 is 1.65 bits per heavy atom. The second kappa shape index (κ2) is 7.64. The van der Waals surface area contributed by atoms with E-state index in [1.54, 1.807) is 47.4 Å². The van der Waals surface area contributed by atoms with Gasteiger partial charge in [0.2, 0.25) is 0 Å². The molecular formula is C17H15N5O. The molecule has 1 aromatic carbocycles. The molecule has 1 amide bonds. The highest BCUT2D eigenvalue weighted by Gasteiger charge is 2.21. The van der Waals surface area contributed by atoms with Crippen LogP contribution in [0.25, 0.3) is 0 Å². The number of nitriles is 3. The molecule has 114 valence electrons. The first-order valence-corrected chi connectivity index (χ1v) is 7.31. The average Bonchev–Trinajstić information content (AvgIpc) is 2.62. The van der Waals surface area contributed by atoms with E-state index in [0.29, 0.717) is 11.3 Å². The van der Waals surface area contributed by atoms with Crippen molar-refractivity contribution in [1.82, 2.24) is 4.90 Å². The summed E-state index contributed by atoms with van der Waals surface area (Å²) in [7, 11) is 0. The van der Waals surface area contributed by atoms with Crippen LogP contribution >= 0.6 is 0 Å². The zero-order valence-electron chi connectivity index (χ0n) is 12.5. The second-order valence-electron chi connectivity index (χ2n) is 5.11. The minimum atomic E-state index is -0.312. The van der Waals surface area contributed by atoms with Crippen molar-refractivity contribution < 1.29 is 4.79 Å². The molecule has 2 rings (SSSR count). The Balaban J connectivity index is 2.33. The van der Waals surface area contributed by atoms with E-state index in [1.165, 1.54) is 0 Å². The molecule has 1 heterocycles. The van der Waals surface area contributed by atoms with Crippen molar-refractivity contribution in [2.24, 2.45) is 0 Å². The first kappa shape index (κ1) is 16.1. The van der Waals surface area contributed by atoms with Crippen LogP contribution in [0.15, 0.2) is 35.5 Å². The second-order valence-corrected chi connectivity index (χ2v) is 5.11. The van der Waals surface area contributed by atoms with Crippen LogP contribution in [0.5, 0.6) is 0 Å². The molecule has 6 heteroatoms. The molecule has 1 aliphatic rings. The van der Waals surface area contributed by atoms with E-state index in [0.717, 1.165) is 32.4 Å². The van der Waals surface area contributed by atoms with Gasteiger partial charge in [-0.15, -0.1) is 0 Å². The number of para-hydroxylation sites is 1. The lowest BCUT2D eigenvalue weighted by molar-refractivity contribution is 0.0725. The van der Waals surface area contributed by atoms with Crippen molar-refractivity contribution >= 4 is 11.6 Å². The van der Waals surface area contributed by atoms with Crippen LogP contribution < -0.4 is 5.32 Å². The number of benzene rings is 1. The van der Waals surface area contributed by atoms with E-state index in [2.05, 4.69) is 5.32 Å². The first-order valence-electron chi connectivity index (χ1n) is 7.31. The minimum Gasteiger partial charge on any atom is -0.344 e. The molecule has 0 saturated carbocycles. The molecule has 0 unspecified atom stereocenters. The highest BCUT2D eigenvalue weighted by Crippen LogP contribution is 2.21. The number of hydrogen-bond donors (Lipinski definition) is 1. The van der Waals surface area contributed by atoms with E-state index >= 15 is 0 Å². The Hall–Kier alpha value is -3.30.